The minimum Gasteiger partial charge on any atom is -0.454 e. The fourth-order valence-corrected chi connectivity index (χ4v) is 9.21. The predicted molar refractivity (Wildman–Crippen MR) is 231 cm³/mol. The summed E-state index contributed by atoms with van der Waals surface area (Å²) in [6.45, 7) is 0. The lowest BCUT2D eigenvalue weighted by atomic mass is 10.1. The zero-order valence-electron chi connectivity index (χ0n) is 30.6. The third-order valence-electron chi connectivity index (χ3n) is 11.7. The van der Waals surface area contributed by atoms with Gasteiger partial charge in [0.15, 0.2) is 5.58 Å². The van der Waals surface area contributed by atoms with Crippen LogP contribution < -0.4 is 0 Å². The second kappa shape index (κ2) is 11.7. The molecular weight excluding hydrogens is 713 g/mol. The summed E-state index contributed by atoms with van der Waals surface area (Å²) in [5, 5.41) is 37.6. The summed E-state index contributed by atoms with van der Waals surface area (Å²) < 4.78 is 13.7. The quantitative estimate of drug-likeness (QED) is 0.180. The monoisotopic (exact) mass is 738 g/mol. The van der Waals surface area contributed by atoms with Crippen molar-refractivity contribution < 1.29 is 4.42 Å². The van der Waals surface area contributed by atoms with Crippen molar-refractivity contribution in [3.05, 3.63) is 174 Å². The van der Waals surface area contributed by atoms with Gasteiger partial charge in [-0.25, -0.2) is 0 Å². The molecule has 0 saturated heterocycles. The number of hydrogen-bond acceptors (Lipinski definition) is 4. The maximum atomic E-state index is 9.89. The first-order valence-electron chi connectivity index (χ1n) is 18.9. The van der Waals surface area contributed by atoms with E-state index in [1.54, 1.807) is 0 Å². The number of furan rings is 1. The summed E-state index contributed by atoms with van der Waals surface area (Å²) in [6.07, 6.45) is 0. The molecule has 8 aromatic carbocycles. The molecule has 58 heavy (non-hydrogen) atoms. The van der Waals surface area contributed by atoms with E-state index in [-0.39, 0.29) is 0 Å². The average molecular weight is 739 g/mol. The van der Waals surface area contributed by atoms with Crippen LogP contribution in [0.15, 0.2) is 162 Å². The molecule has 0 unspecified atom stereocenters. The molecule has 0 spiro atoms. The zero-order valence-corrected chi connectivity index (χ0v) is 30.6. The molecule has 0 aliphatic heterocycles. The van der Waals surface area contributed by atoms with E-state index in [9.17, 15) is 15.8 Å². The molecule has 0 bridgehead atoms. The second-order valence-electron chi connectivity index (χ2n) is 14.7. The van der Waals surface area contributed by atoms with Crippen molar-refractivity contribution in [1.29, 1.82) is 15.8 Å². The van der Waals surface area contributed by atoms with Crippen LogP contribution >= 0.6 is 0 Å². The predicted octanol–water partition coefficient (Wildman–Crippen LogP) is 12.5. The summed E-state index contributed by atoms with van der Waals surface area (Å²) in [4.78, 5) is 0. The molecule has 4 aromatic heterocycles. The first-order valence-corrected chi connectivity index (χ1v) is 18.9. The number of nitrogens with zero attached hydrogens (tertiary/aromatic N) is 6. The SMILES string of the molecule is N#Cc1ccc2c(c1)c1ccccc1n2-c1ccc2oc3c(-n4c5ccccc5c5cc(C#N)ccc54)cc(-n4c5ccccc5c5cc(C#N)ccc54)cc3c2c1. The van der Waals surface area contributed by atoms with Crippen LogP contribution in [-0.4, -0.2) is 13.7 Å². The van der Waals surface area contributed by atoms with E-state index in [4.69, 9.17) is 4.42 Å². The van der Waals surface area contributed by atoms with Gasteiger partial charge < -0.3 is 18.1 Å². The van der Waals surface area contributed by atoms with Gasteiger partial charge in [0, 0.05) is 54.5 Å². The van der Waals surface area contributed by atoms with Crippen LogP contribution in [-0.2, 0) is 0 Å². The van der Waals surface area contributed by atoms with Crippen molar-refractivity contribution in [3.63, 3.8) is 0 Å². The van der Waals surface area contributed by atoms with E-state index in [0.29, 0.717) is 16.7 Å². The van der Waals surface area contributed by atoms with Crippen LogP contribution in [0.2, 0.25) is 0 Å². The highest BCUT2D eigenvalue weighted by Crippen LogP contribution is 2.43. The van der Waals surface area contributed by atoms with Crippen LogP contribution in [0.3, 0.4) is 0 Å². The summed E-state index contributed by atoms with van der Waals surface area (Å²) in [6, 6.07) is 60.2. The molecular formula is C51H26N6O. The minimum absolute atomic E-state index is 0.599. The molecule has 0 saturated carbocycles. The molecule has 4 heterocycles. The third-order valence-corrected chi connectivity index (χ3v) is 11.7. The van der Waals surface area contributed by atoms with Gasteiger partial charge in [0.2, 0.25) is 0 Å². The van der Waals surface area contributed by atoms with E-state index in [1.165, 1.54) is 0 Å². The second-order valence-corrected chi connectivity index (χ2v) is 14.7. The smallest absolute Gasteiger partial charge is 0.159 e. The largest absolute Gasteiger partial charge is 0.454 e. The highest BCUT2D eigenvalue weighted by molar-refractivity contribution is 6.16. The molecule has 0 fully saturated rings. The number of nitriles is 3. The molecule has 7 heteroatoms. The molecule has 12 rings (SSSR count). The number of fused-ring (bicyclic) bond motifs is 12. The standard InChI is InChI=1S/C51H26N6O/c52-27-30-13-17-46-38(21-30)35-7-1-4-10-43(35)55(46)33-16-20-50-41(24-33)42-25-34(56-44-11-5-2-8-36(44)39-22-31(28-53)14-18-47(39)56)26-49(51(42)58-50)57-45-12-6-3-9-37(45)40-23-32(29-54)15-19-48(40)57/h1-26H. The number of benzene rings is 8. The molecule has 0 aliphatic rings. The van der Waals surface area contributed by atoms with Crippen LogP contribution in [0.25, 0.3) is 104 Å². The molecule has 12 aromatic rings. The first kappa shape index (κ1) is 31.7. The molecule has 0 amide bonds. The molecule has 266 valence electrons. The Morgan fingerprint density at radius 2 is 0.776 bits per heavy atom. The van der Waals surface area contributed by atoms with Crippen molar-refractivity contribution in [1.82, 2.24) is 13.7 Å². The normalized spacial score (nSPS) is 11.7. The summed E-state index contributed by atoms with van der Waals surface area (Å²) in [5.74, 6) is 0. The third kappa shape index (κ3) is 4.29. The molecule has 0 radical (unpaired) electrons. The summed E-state index contributed by atoms with van der Waals surface area (Å²) >= 11 is 0. The minimum atomic E-state index is 0.599. The van der Waals surface area contributed by atoms with Crippen molar-refractivity contribution in [2.75, 3.05) is 0 Å². The zero-order chi connectivity index (χ0) is 38.6. The van der Waals surface area contributed by atoms with E-state index < -0.39 is 0 Å². The van der Waals surface area contributed by atoms with Gasteiger partial charge in [-0.05, 0) is 103 Å². The Morgan fingerprint density at radius 1 is 0.345 bits per heavy atom. The highest BCUT2D eigenvalue weighted by atomic mass is 16.3. The molecule has 0 aliphatic carbocycles. The Morgan fingerprint density at radius 3 is 1.29 bits per heavy atom. The molecule has 7 nitrogen and oxygen atoms in total. The maximum absolute atomic E-state index is 9.89. The lowest BCUT2D eigenvalue weighted by molar-refractivity contribution is 0.666. The van der Waals surface area contributed by atoms with Gasteiger partial charge in [-0.15, -0.1) is 0 Å². The van der Waals surface area contributed by atoms with E-state index in [0.717, 1.165) is 104 Å². The van der Waals surface area contributed by atoms with Crippen LogP contribution in [0, 0.1) is 34.0 Å². The van der Waals surface area contributed by atoms with E-state index in [2.05, 4.69) is 92.6 Å². The highest BCUT2D eigenvalue weighted by Gasteiger charge is 2.23. The van der Waals surface area contributed by atoms with Crippen LogP contribution in [0.1, 0.15) is 16.7 Å². The summed E-state index contributed by atoms with van der Waals surface area (Å²) in [5.41, 5.74) is 12.1. The number of aromatic nitrogens is 3. The Kier molecular flexibility index (Phi) is 6.41. The van der Waals surface area contributed by atoms with Crippen molar-refractivity contribution in [2.45, 2.75) is 0 Å². The van der Waals surface area contributed by atoms with Gasteiger partial charge in [0.05, 0.1) is 73.7 Å². The van der Waals surface area contributed by atoms with Gasteiger partial charge in [0.1, 0.15) is 5.58 Å². The fourth-order valence-electron chi connectivity index (χ4n) is 9.21. The van der Waals surface area contributed by atoms with Gasteiger partial charge in [-0.3, -0.25) is 0 Å². The molecule has 0 N–H and O–H groups in total. The average Bonchev–Trinajstić information content (AvgIpc) is 4.01. The van der Waals surface area contributed by atoms with Crippen molar-refractivity contribution in [2.24, 2.45) is 0 Å². The topological polar surface area (TPSA) is 99.3 Å². The Balaban J connectivity index is 1.22. The van der Waals surface area contributed by atoms with Gasteiger partial charge in [-0.2, -0.15) is 15.8 Å². The van der Waals surface area contributed by atoms with Crippen molar-refractivity contribution >= 4 is 87.4 Å². The number of hydrogen-bond donors (Lipinski definition) is 0. The number of rotatable bonds is 3. The Bertz CT molecular complexity index is 3910. The van der Waals surface area contributed by atoms with E-state index in [1.807, 2.05) is 97.1 Å². The van der Waals surface area contributed by atoms with Crippen LogP contribution in [0.5, 0.6) is 0 Å². The maximum Gasteiger partial charge on any atom is 0.159 e. The first-order chi connectivity index (χ1) is 28.6. The summed E-state index contributed by atoms with van der Waals surface area (Å²) in [7, 11) is 0. The fraction of sp³-hybridized carbons (Fsp3) is 0. The van der Waals surface area contributed by atoms with Crippen LogP contribution in [0.4, 0.5) is 0 Å². The van der Waals surface area contributed by atoms with Gasteiger partial charge in [0.25, 0.3) is 0 Å². The molecule has 0 atom stereocenters. The number of para-hydroxylation sites is 3. The lowest BCUT2D eigenvalue weighted by Gasteiger charge is -2.14. The van der Waals surface area contributed by atoms with Gasteiger partial charge >= 0.3 is 0 Å². The van der Waals surface area contributed by atoms with Gasteiger partial charge in [-0.1, -0.05) is 54.6 Å². The lowest BCUT2D eigenvalue weighted by Crippen LogP contribution is -1.99. The Labute approximate surface area is 329 Å². The van der Waals surface area contributed by atoms with E-state index >= 15 is 0 Å². The van der Waals surface area contributed by atoms with Crippen molar-refractivity contribution in [3.8, 4) is 35.3 Å². The Hall–Kier alpha value is -8.57.